The Morgan fingerprint density at radius 3 is 2.71 bits per heavy atom. The molecule has 1 aliphatic carbocycles. The molecule has 0 atom stereocenters. The van der Waals surface area contributed by atoms with Crippen molar-refractivity contribution in [2.24, 2.45) is 0 Å². The molecule has 1 N–H and O–H groups in total. The lowest BCUT2D eigenvalue weighted by Crippen LogP contribution is -2.14. The predicted octanol–water partition coefficient (Wildman–Crippen LogP) is 2.78. The second-order valence-electron chi connectivity index (χ2n) is 6.43. The Balaban J connectivity index is 1.83. The van der Waals surface area contributed by atoms with Gasteiger partial charge in [0.15, 0.2) is 5.65 Å². The number of nitrogens with one attached hydrogen (secondary N) is 1. The van der Waals surface area contributed by atoms with E-state index in [0.717, 1.165) is 36.2 Å². The molecule has 0 aromatic carbocycles. The molecule has 0 aliphatic heterocycles. The molecule has 1 aliphatic rings. The first-order valence-electron chi connectivity index (χ1n) is 8.65. The minimum atomic E-state index is -0.0786. The number of aromatic nitrogens is 5. The lowest BCUT2D eigenvalue weighted by Gasteiger charge is -2.11. The normalized spacial score (nSPS) is 15.4. The third-order valence-corrected chi connectivity index (χ3v) is 4.81. The van der Waals surface area contributed by atoms with Gasteiger partial charge in [-0.15, -0.1) is 0 Å². The minimum absolute atomic E-state index is 0.0786. The molecular formula is C18H21N5O. The first-order chi connectivity index (χ1) is 11.8. The van der Waals surface area contributed by atoms with Crippen molar-refractivity contribution in [1.82, 2.24) is 24.7 Å². The third-order valence-electron chi connectivity index (χ3n) is 4.81. The van der Waals surface area contributed by atoms with Gasteiger partial charge in [0.1, 0.15) is 11.2 Å². The second kappa shape index (κ2) is 6.19. The Hall–Kier alpha value is -2.50. The van der Waals surface area contributed by atoms with Crippen molar-refractivity contribution in [3.8, 4) is 0 Å². The maximum atomic E-state index is 12.6. The molecule has 3 heterocycles. The van der Waals surface area contributed by atoms with Gasteiger partial charge in [0.05, 0.1) is 11.7 Å². The van der Waals surface area contributed by atoms with Crippen molar-refractivity contribution >= 4 is 11.0 Å². The van der Waals surface area contributed by atoms with Crippen LogP contribution >= 0.6 is 0 Å². The minimum Gasteiger partial charge on any atom is -0.310 e. The first kappa shape index (κ1) is 15.1. The van der Waals surface area contributed by atoms with Crippen molar-refractivity contribution in [1.29, 1.82) is 0 Å². The zero-order valence-corrected chi connectivity index (χ0v) is 13.8. The summed E-state index contributed by atoms with van der Waals surface area (Å²) < 4.78 is 2.01. The lowest BCUT2D eigenvalue weighted by molar-refractivity contribution is 0.474. The zero-order chi connectivity index (χ0) is 16.5. The molecule has 1 saturated carbocycles. The van der Waals surface area contributed by atoms with Gasteiger partial charge in [-0.25, -0.2) is 9.67 Å². The van der Waals surface area contributed by atoms with Gasteiger partial charge in [-0.3, -0.25) is 9.78 Å². The van der Waals surface area contributed by atoms with Crippen LogP contribution in [0.5, 0.6) is 0 Å². The number of H-pyrrole nitrogens is 1. The van der Waals surface area contributed by atoms with E-state index in [1.54, 1.807) is 12.4 Å². The number of rotatable bonds is 4. The number of aromatic amines is 1. The molecule has 0 unspecified atom stereocenters. The highest BCUT2D eigenvalue weighted by Crippen LogP contribution is 2.31. The number of hydrogen-bond donors (Lipinski definition) is 1. The van der Waals surface area contributed by atoms with Crippen LogP contribution in [0.25, 0.3) is 11.0 Å². The largest absolute Gasteiger partial charge is 0.310 e. The second-order valence-corrected chi connectivity index (χ2v) is 6.43. The molecule has 1 fully saturated rings. The molecule has 24 heavy (non-hydrogen) atoms. The quantitative estimate of drug-likeness (QED) is 0.801. The van der Waals surface area contributed by atoms with Gasteiger partial charge >= 0.3 is 0 Å². The summed E-state index contributed by atoms with van der Waals surface area (Å²) in [5.41, 5.74) is 2.59. The summed E-state index contributed by atoms with van der Waals surface area (Å²) in [5.74, 6) is 0.681. The van der Waals surface area contributed by atoms with Crippen LogP contribution in [-0.4, -0.2) is 24.7 Å². The molecule has 0 spiro atoms. The molecule has 3 aromatic heterocycles. The van der Waals surface area contributed by atoms with Crippen LogP contribution < -0.4 is 5.56 Å². The highest BCUT2D eigenvalue weighted by Gasteiger charge is 2.23. The van der Waals surface area contributed by atoms with E-state index in [1.807, 2.05) is 23.7 Å². The standard InChI is InChI=1S/C18H21N5O/c1-2-14-16-17(23(22-14)13-5-3-4-6-13)20-15(21-18(16)24)11-12-7-9-19-10-8-12/h7-10,13H,2-6,11H2,1H3,(H,20,21,24). The van der Waals surface area contributed by atoms with Gasteiger partial charge in [0, 0.05) is 18.8 Å². The van der Waals surface area contributed by atoms with E-state index >= 15 is 0 Å². The zero-order valence-electron chi connectivity index (χ0n) is 13.8. The van der Waals surface area contributed by atoms with Crippen LogP contribution in [0.4, 0.5) is 0 Å². The molecule has 6 nitrogen and oxygen atoms in total. The molecule has 0 bridgehead atoms. The van der Waals surface area contributed by atoms with E-state index in [-0.39, 0.29) is 5.56 Å². The number of fused-ring (bicyclic) bond motifs is 1. The van der Waals surface area contributed by atoms with Gasteiger partial charge in [0.2, 0.25) is 0 Å². The Labute approximate surface area is 140 Å². The number of nitrogens with zero attached hydrogens (tertiary/aromatic N) is 4. The van der Waals surface area contributed by atoms with E-state index in [4.69, 9.17) is 10.1 Å². The average molecular weight is 323 g/mol. The van der Waals surface area contributed by atoms with Crippen LogP contribution in [-0.2, 0) is 12.8 Å². The summed E-state index contributed by atoms with van der Waals surface area (Å²) in [6.07, 6.45) is 9.52. The fourth-order valence-electron chi connectivity index (χ4n) is 3.59. The van der Waals surface area contributed by atoms with Crippen molar-refractivity contribution in [2.75, 3.05) is 0 Å². The van der Waals surface area contributed by atoms with Crippen LogP contribution in [0.1, 0.15) is 55.7 Å². The fraction of sp³-hybridized carbons (Fsp3) is 0.444. The summed E-state index contributed by atoms with van der Waals surface area (Å²) in [7, 11) is 0. The molecule has 0 radical (unpaired) electrons. The summed E-state index contributed by atoms with van der Waals surface area (Å²) in [4.78, 5) is 24.4. The molecule has 3 aromatic rings. The van der Waals surface area contributed by atoms with Crippen molar-refractivity contribution < 1.29 is 0 Å². The highest BCUT2D eigenvalue weighted by atomic mass is 16.1. The first-order valence-corrected chi connectivity index (χ1v) is 8.65. The van der Waals surface area contributed by atoms with Crippen LogP contribution in [0.3, 0.4) is 0 Å². The Bertz CT molecular complexity index is 906. The molecule has 4 rings (SSSR count). The van der Waals surface area contributed by atoms with E-state index in [0.29, 0.717) is 23.7 Å². The monoisotopic (exact) mass is 323 g/mol. The van der Waals surface area contributed by atoms with Gasteiger partial charge in [0.25, 0.3) is 5.56 Å². The van der Waals surface area contributed by atoms with E-state index in [2.05, 4.69) is 9.97 Å². The number of hydrogen-bond acceptors (Lipinski definition) is 4. The molecule has 124 valence electrons. The Morgan fingerprint density at radius 2 is 2.00 bits per heavy atom. The summed E-state index contributed by atoms with van der Waals surface area (Å²) in [6, 6.07) is 4.25. The summed E-state index contributed by atoms with van der Waals surface area (Å²) >= 11 is 0. The van der Waals surface area contributed by atoms with Crippen LogP contribution in [0.2, 0.25) is 0 Å². The van der Waals surface area contributed by atoms with Crippen LogP contribution in [0.15, 0.2) is 29.3 Å². The number of aryl methyl sites for hydroxylation is 1. The molecule has 6 heteroatoms. The van der Waals surface area contributed by atoms with Crippen molar-refractivity contribution in [3.63, 3.8) is 0 Å². The van der Waals surface area contributed by atoms with E-state index in [1.165, 1.54) is 12.8 Å². The van der Waals surface area contributed by atoms with Gasteiger partial charge in [-0.05, 0) is 37.0 Å². The molecule has 0 amide bonds. The van der Waals surface area contributed by atoms with Gasteiger partial charge < -0.3 is 4.98 Å². The highest BCUT2D eigenvalue weighted by molar-refractivity contribution is 5.77. The Morgan fingerprint density at radius 1 is 1.25 bits per heavy atom. The fourth-order valence-corrected chi connectivity index (χ4v) is 3.59. The van der Waals surface area contributed by atoms with Crippen molar-refractivity contribution in [2.45, 2.75) is 51.5 Å². The van der Waals surface area contributed by atoms with Crippen molar-refractivity contribution in [3.05, 3.63) is 52.0 Å². The van der Waals surface area contributed by atoms with E-state index < -0.39 is 0 Å². The SMILES string of the molecule is CCc1nn(C2CCCC2)c2nc(Cc3ccncc3)[nH]c(=O)c12. The molecular weight excluding hydrogens is 302 g/mol. The molecule has 0 saturated heterocycles. The predicted molar refractivity (Wildman–Crippen MR) is 92.1 cm³/mol. The lowest BCUT2D eigenvalue weighted by atomic mass is 10.2. The Kier molecular flexibility index (Phi) is 3.88. The average Bonchev–Trinajstić information content (AvgIpc) is 3.23. The van der Waals surface area contributed by atoms with Gasteiger partial charge in [-0.2, -0.15) is 5.10 Å². The maximum Gasteiger partial charge on any atom is 0.262 e. The topological polar surface area (TPSA) is 76.5 Å². The summed E-state index contributed by atoms with van der Waals surface area (Å²) in [5, 5.41) is 5.38. The third kappa shape index (κ3) is 2.62. The maximum absolute atomic E-state index is 12.6. The van der Waals surface area contributed by atoms with Crippen LogP contribution in [0, 0.1) is 0 Å². The van der Waals surface area contributed by atoms with Gasteiger partial charge in [-0.1, -0.05) is 19.8 Å². The number of pyridine rings is 1. The smallest absolute Gasteiger partial charge is 0.262 e. The van der Waals surface area contributed by atoms with E-state index in [9.17, 15) is 4.79 Å². The summed E-state index contributed by atoms with van der Waals surface area (Å²) in [6.45, 7) is 2.03.